The van der Waals surface area contributed by atoms with Gasteiger partial charge in [0.05, 0.1) is 0 Å². The second-order valence-corrected chi connectivity index (χ2v) is 8.20. The van der Waals surface area contributed by atoms with Crippen LogP contribution in [0.4, 0.5) is 0 Å². The summed E-state index contributed by atoms with van der Waals surface area (Å²) >= 11 is 0. The van der Waals surface area contributed by atoms with Gasteiger partial charge in [0.25, 0.3) is 0 Å². The van der Waals surface area contributed by atoms with Gasteiger partial charge < -0.3 is 0 Å². The summed E-state index contributed by atoms with van der Waals surface area (Å²) in [6.07, 6.45) is 3.45. The van der Waals surface area contributed by atoms with Crippen LogP contribution in [-0.2, 0) is 6.42 Å². The molecule has 0 saturated heterocycles. The van der Waals surface area contributed by atoms with Gasteiger partial charge in [-0.05, 0) is 63.4 Å². The summed E-state index contributed by atoms with van der Waals surface area (Å²) in [7, 11) is 0. The molecule has 0 saturated carbocycles. The predicted octanol–water partition coefficient (Wildman–Crippen LogP) is 7.47. The van der Waals surface area contributed by atoms with E-state index in [1.165, 1.54) is 55.6 Å². The van der Waals surface area contributed by atoms with E-state index < -0.39 is 0 Å². The molecule has 138 valence electrons. The van der Waals surface area contributed by atoms with E-state index >= 15 is 0 Å². The maximum atomic E-state index is 2.41. The first-order chi connectivity index (χ1) is 14.3. The largest absolute Gasteiger partial charge is 0.0622 e. The summed E-state index contributed by atoms with van der Waals surface area (Å²) in [5, 5.41) is 0. The Morgan fingerprint density at radius 2 is 1.31 bits per heavy atom. The predicted molar refractivity (Wildman–Crippen MR) is 122 cm³/mol. The number of benzene rings is 4. The normalized spacial score (nSPS) is 16.2. The molecule has 0 heteroatoms. The molecule has 6 rings (SSSR count). The monoisotopic (exact) mass is 370 g/mol. The molecular formula is C29H22. The number of fused-ring (bicyclic) bond motifs is 4. The van der Waals surface area contributed by atoms with Gasteiger partial charge in [-0.3, -0.25) is 0 Å². The van der Waals surface area contributed by atoms with Crippen LogP contribution in [0.1, 0.15) is 40.7 Å². The van der Waals surface area contributed by atoms with E-state index in [0.717, 1.165) is 6.42 Å². The van der Waals surface area contributed by atoms with Crippen LogP contribution in [0.25, 0.3) is 28.3 Å². The topological polar surface area (TPSA) is 0 Å². The average Bonchev–Trinajstić information content (AvgIpc) is 3.31. The molecule has 0 spiro atoms. The van der Waals surface area contributed by atoms with Gasteiger partial charge in [-0.25, -0.2) is 0 Å². The van der Waals surface area contributed by atoms with Gasteiger partial charge in [-0.1, -0.05) is 103 Å². The second kappa shape index (κ2) is 6.32. The van der Waals surface area contributed by atoms with Crippen molar-refractivity contribution in [1.82, 2.24) is 0 Å². The Morgan fingerprint density at radius 3 is 2.17 bits per heavy atom. The first-order valence-electron chi connectivity index (χ1n) is 10.4. The number of hydrogen-bond acceptors (Lipinski definition) is 0. The standard InChI is InChI=1S/C29H22/c1-19-17-27-22(20-9-3-2-4-10-20)13-7-15-25(27)29(19)26-16-8-14-24-23-12-6-5-11-21(23)18-28(24)26/h2-17,29H,18H2,1H3. The molecule has 2 aliphatic rings. The highest BCUT2D eigenvalue weighted by molar-refractivity contribution is 5.84. The third kappa shape index (κ3) is 2.46. The van der Waals surface area contributed by atoms with Gasteiger partial charge in [-0.2, -0.15) is 0 Å². The fourth-order valence-corrected chi connectivity index (χ4v) is 5.29. The van der Waals surface area contributed by atoms with E-state index in [1.807, 2.05) is 0 Å². The van der Waals surface area contributed by atoms with Crippen LogP contribution in [0.3, 0.4) is 0 Å². The first-order valence-corrected chi connectivity index (χ1v) is 10.4. The first kappa shape index (κ1) is 16.6. The molecule has 0 aliphatic heterocycles. The number of rotatable bonds is 2. The SMILES string of the molecule is CC1=Cc2c(-c3ccccc3)cccc2C1c1cccc2c1Cc1ccccc1-2. The molecule has 0 nitrogen and oxygen atoms in total. The van der Waals surface area contributed by atoms with Crippen molar-refractivity contribution in [3.8, 4) is 22.3 Å². The van der Waals surface area contributed by atoms with E-state index in [4.69, 9.17) is 0 Å². The minimum absolute atomic E-state index is 0.345. The Bertz CT molecular complexity index is 1270. The fourth-order valence-electron chi connectivity index (χ4n) is 5.29. The molecule has 2 aliphatic carbocycles. The van der Waals surface area contributed by atoms with Gasteiger partial charge in [0.15, 0.2) is 0 Å². The van der Waals surface area contributed by atoms with Crippen LogP contribution in [0.15, 0.2) is 96.6 Å². The smallest absolute Gasteiger partial charge is 0.0308 e. The molecule has 0 aromatic heterocycles. The maximum Gasteiger partial charge on any atom is 0.0308 e. The molecule has 29 heavy (non-hydrogen) atoms. The Kier molecular flexibility index (Phi) is 3.61. The number of allylic oxidation sites excluding steroid dienone is 1. The van der Waals surface area contributed by atoms with E-state index in [-0.39, 0.29) is 0 Å². The number of hydrogen-bond donors (Lipinski definition) is 0. The molecule has 4 aromatic rings. The lowest BCUT2D eigenvalue weighted by atomic mass is 9.84. The quantitative estimate of drug-likeness (QED) is 0.302. The van der Waals surface area contributed by atoms with E-state index in [2.05, 4.69) is 104 Å². The fraction of sp³-hybridized carbons (Fsp3) is 0.103. The van der Waals surface area contributed by atoms with Crippen molar-refractivity contribution in [2.75, 3.05) is 0 Å². The van der Waals surface area contributed by atoms with Gasteiger partial charge in [0.2, 0.25) is 0 Å². The van der Waals surface area contributed by atoms with E-state index in [1.54, 1.807) is 0 Å². The summed E-state index contributed by atoms with van der Waals surface area (Å²) in [5.41, 5.74) is 14.1. The summed E-state index contributed by atoms with van der Waals surface area (Å²) in [6, 6.07) is 33.3. The molecule has 0 heterocycles. The highest BCUT2D eigenvalue weighted by Gasteiger charge is 2.30. The van der Waals surface area contributed by atoms with Crippen molar-refractivity contribution in [2.24, 2.45) is 0 Å². The third-order valence-corrected chi connectivity index (χ3v) is 6.56. The van der Waals surface area contributed by atoms with Crippen molar-refractivity contribution in [1.29, 1.82) is 0 Å². The Labute approximate surface area is 172 Å². The van der Waals surface area contributed by atoms with Crippen LogP contribution in [0.5, 0.6) is 0 Å². The molecule has 0 N–H and O–H groups in total. The van der Waals surface area contributed by atoms with Crippen LogP contribution in [-0.4, -0.2) is 0 Å². The summed E-state index contributed by atoms with van der Waals surface area (Å²) < 4.78 is 0. The highest BCUT2D eigenvalue weighted by Crippen LogP contribution is 2.48. The molecule has 0 fully saturated rings. The maximum absolute atomic E-state index is 2.41. The van der Waals surface area contributed by atoms with Crippen LogP contribution in [0, 0.1) is 0 Å². The lowest BCUT2D eigenvalue weighted by Gasteiger charge is -2.20. The van der Waals surface area contributed by atoms with Crippen molar-refractivity contribution < 1.29 is 0 Å². The zero-order valence-electron chi connectivity index (χ0n) is 16.5. The van der Waals surface area contributed by atoms with Crippen molar-refractivity contribution in [3.63, 3.8) is 0 Å². The minimum Gasteiger partial charge on any atom is -0.0622 e. The van der Waals surface area contributed by atoms with Crippen LogP contribution < -0.4 is 0 Å². The molecule has 0 amide bonds. The molecule has 0 radical (unpaired) electrons. The summed E-state index contributed by atoms with van der Waals surface area (Å²) in [6.45, 7) is 2.29. The van der Waals surface area contributed by atoms with Crippen LogP contribution in [0.2, 0.25) is 0 Å². The zero-order chi connectivity index (χ0) is 19.4. The third-order valence-electron chi connectivity index (χ3n) is 6.56. The van der Waals surface area contributed by atoms with Gasteiger partial charge in [0.1, 0.15) is 0 Å². The summed E-state index contributed by atoms with van der Waals surface area (Å²) in [4.78, 5) is 0. The summed E-state index contributed by atoms with van der Waals surface area (Å²) in [5.74, 6) is 0.345. The highest BCUT2D eigenvalue weighted by atomic mass is 14.3. The molecular weight excluding hydrogens is 348 g/mol. The molecule has 4 aromatic carbocycles. The Hall–Kier alpha value is -3.38. The zero-order valence-corrected chi connectivity index (χ0v) is 16.5. The van der Waals surface area contributed by atoms with Crippen molar-refractivity contribution in [2.45, 2.75) is 19.3 Å². The minimum atomic E-state index is 0.345. The average molecular weight is 370 g/mol. The van der Waals surface area contributed by atoms with Crippen molar-refractivity contribution in [3.05, 3.63) is 124 Å². The van der Waals surface area contributed by atoms with Gasteiger partial charge >= 0.3 is 0 Å². The lowest BCUT2D eigenvalue weighted by Crippen LogP contribution is -2.04. The van der Waals surface area contributed by atoms with Gasteiger partial charge in [-0.15, -0.1) is 0 Å². The molecule has 0 bridgehead atoms. The molecule has 1 atom stereocenters. The molecule has 1 unspecified atom stereocenters. The van der Waals surface area contributed by atoms with Crippen LogP contribution >= 0.6 is 0 Å². The van der Waals surface area contributed by atoms with Gasteiger partial charge in [0, 0.05) is 5.92 Å². The Balaban J connectivity index is 1.52. The second-order valence-electron chi connectivity index (χ2n) is 8.20. The lowest BCUT2D eigenvalue weighted by molar-refractivity contribution is 0.954. The van der Waals surface area contributed by atoms with Crippen molar-refractivity contribution >= 4 is 6.08 Å². The van der Waals surface area contributed by atoms with E-state index in [0.29, 0.717) is 5.92 Å². The Morgan fingerprint density at radius 1 is 0.621 bits per heavy atom. The van der Waals surface area contributed by atoms with E-state index in [9.17, 15) is 0 Å².